The molecule has 1 aliphatic heterocycles. The van der Waals surface area contributed by atoms with Crippen LogP contribution in [0.25, 0.3) is 16.6 Å². The van der Waals surface area contributed by atoms with Gasteiger partial charge in [0.2, 0.25) is 0 Å². The van der Waals surface area contributed by atoms with Crippen LogP contribution in [0.3, 0.4) is 0 Å². The third-order valence-electron chi connectivity index (χ3n) is 5.52. The number of hydrogen-bond acceptors (Lipinski definition) is 2. The third-order valence-corrected chi connectivity index (χ3v) is 6.31. The molecule has 0 bridgehead atoms. The average Bonchev–Trinajstić information content (AvgIpc) is 3.01. The SMILES string of the molecule is CCN(CC)c1c(C(=O)O)n2c3c(cc(Cl)c(Cl)c13)C(C)c1ccccc1-2. The lowest BCUT2D eigenvalue weighted by molar-refractivity contribution is 0.0689. The zero-order chi connectivity index (χ0) is 19.5. The summed E-state index contributed by atoms with van der Waals surface area (Å²) in [6, 6.07) is 9.79. The molecule has 0 aliphatic carbocycles. The smallest absolute Gasteiger partial charge is 0.355 e. The van der Waals surface area contributed by atoms with Crippen LogP contribution in [0.4, 0.5) is 5.69 Å². The first-order valence-corrected chi connectivity index (χ1v) is 9.81. The molecule has 2 aromatic carbocycles. The van der Waals surface area contributed by atoms with Crippen LogP contribution in [0, 0.1) is 0 Å². The first-order valence-electron chi connectivity index (χ1n) is 9.06. The monoisotopic (exact) mass is 402 g/mol. The van der Waals surface area contributed by atoms with Crippen molar-refractivity contribution in [2.24, 2.45) is 0 Å². The van der Waals surface area contributed by atoms with Gasteiger partial charge in [-0.15, -0.1) is 0 Å². The number of anilines is 1. The van der Waals surface area contributed by atoms with Crippen molar-refractivity contribution in [3.63, 3.8) is 0 Å². The van der Waals surface area contributed by atoms with Crippen LogP contribution in [0.15, 0.2) is 30.3 Å². The van der Waals surface area contributed by atoms with E-state index in [4.69, 9.17) is 23.2 Å². The van der Waals surface area contributed by atoms with E-state index < -0.39 is 5.97 Å². The Balaban J connectivity index is 2.30. The number of halogens is 2. The lowest BCUT2D eigenvalue weighted by atomic mass is 9.88. The summed E-state index contributed by atoms with van der Waals surface area (Å²) in [4.78, 5) is 14.4. The molecule has 0 spiro atoms. The lowest BCUT2D eigenvalue weighted by Crippen LogP contribution is -2.24. The van der Waals surface area contributed by atoms with Crippen LogP contribution in [-0.4, -0.2) is 28.7 Å². The molecular formula is C21H20Cl2N2O2. The number of hydrogen-bond donors (Lipinski definition) is 1. The van der Waals surface area contributed by atoms with Gasteiger partial charge in [0, 0.05) is 24.4 Å². The second kappa shape index (κ2) is 6.47. The highest BCUT2D eigenvalue weighted by Gasteiger charge is 2.35. The zero-order valence-corrected chi connectivity index (χ0v) is 16.9. The van der Waals surface area contributed by atoms with Gasteiger partial charge in [0.1, 0.15) is 0 Å². The van der Waals surface area contributed by atoms with E-state index in [0.29, 0.717) is 28.8 Å². The van der Waals surface area contributed by atoms with Crippen LogP contribution < -0.4 is 4.90 Å². The number of nitrogens with zero attached hydrogens (tertiary/aromatic N) is 2. The highest BCUT2D eigenvalue weighted by Crippen LogP contribution is 2.50. The highest BCUT2D eigenvalue weighted by atomic mass is 35.5. The number of aromatic nitrogens is 1. The van der Waals surface area contributed by atoms with Crippen LogP contribution in [-0.2, 0) is 0 Å². The molecule has 1 aromatic heterocycles. The van der Waals surface area contributed by atoms with E-state index in [1.807, 2.05) is 53.6 Å². The number of carbonyl (C=O) groups is 1. The molecule has 1 aliphatic rings. The molecule has 1 unspecified atom stereocenters. The Morgan fingerprint density at radius 3 is 2.48 bits per heavy atom. The molecule has 1 N–H and O–H groups in total. The predicted molar refractivity (Wildman–Crippen MR) is 111 cm³/mol. The quantitative estimate of drug-likeness (QED) is 0.586. The Morgan fingerprint density at radius 1 is 1.19 bits per heavy atom. The van der Waals surface area contributed by atoms with Crippen LogP contribution in [0.1, 0.15) is 48.3 Å². The van der Waals surface area contributed by atoms with Crippen molar-refractivity contribution >= 4 is 45.8 Å². The van der Waals surface area contributed by atoms with Crippen molar-refractivity contribution in [3.8, 4) is 5.69 Å². The second-order valence-corrected chi connectivity index (χ2v) is 7.56. The standard InChI is InChI=1S/C21H20Cl2N2O2/c1-4-24(5-2)19-16-17(23)14(22)10-13-11(3)12-8-6-7-9-15(12)25(18(13)16)20(19)21(26)27/h6-11H,4-5H2,1-3H3,(H,26,27). The number of carboxylic acid groups (broad SMARTS) is 1. The summed E-state index contributed by atoms with van der Waals surface area (Å²) in [6.07, 6.45) is 0. The number of para-hydroxylation sites is 1. The second-order valence-electron chi connectivity index (χ2n) is 6.78. The minimum atomic E-state index is -0.976. The van der Waals surface area contributed by atoms with Gasteiger partial charge in [-0.25, -0.2) is 4.79 Å². The van der Waals surface area contributed by atoms with Gasteiger partial charge in [-0.05, 0) is 37.1 Å². The highest BCUT2D eigenvalue weighted by molar-refractivity contribution is 6.46. The average molecular weight is 403 g/mol. The third kappa shape index (κ3) is 2.40. The summed E-state index contributed by atoms with van der Waals surface area (Å²) in [5, 5.41) is 11.7. The van der Waals surface area contributed by atoms with E-state index in [9.17, 15) is 9.90 Å². The number of benzene rings is 2. The normalized spacial score (nSPS) is 15.1. The van der Waals surface area contributed by atoms with Crippen LogP contribution in [0.5, 0.6) is 0 Å². The lowest BCUT2D eigenvalue weighted by Gasteiger charge is -2.26. The molecular weight excluding hydrogens is 383 g/mol. The molecule has 140 valence electrons. The summed E-state index contributed by atoms with van der Waals surface area (Å²) in [7, 11) is 0. The van der Waals surface area contributed by atoms with Gasteiger partial charge in [0.15, 0.2) is 5.69 Å². The topological polar surface area (TPSA) is 45.5 Å². The van der Waals surface area contributed by atoms with Gasteiger partial charge in [-0.3, -0.25) is 0 Å². The fourth-order valence-corrected chi connectivity index (χ4v) is 4.72. The molecule has 4 rings (SSSR count). The molecule has 0 fully saturated rings. The minimum Gasteiger partial charge on any atom is -0.476 e. The number of aromatic carboxylic acids is 1. The number of fused-ring (bicyclic) bond motifs is 2. The Hall–Kier alpha value is -2.17. The van der Waals surface area contributed by atoms with Crippen molar-refractivity contribution in [1.29, 1.82) is 0 Å². The molecule has 4 nitrogen and oxygen atoms in total. The number of carboxylic acids is 1. The first kappa shape index (κ1) is 18.2. The first-order chi connectivity index (χ1) is 12.9. The zero-order valence-electron chi connectivity index (χ0n) is 15.4. The minimum absolute atomic E-state index is 0.0899. The number of rotatable bonds is 4. The van der Waals surface area contributed by atoms with Gasteiger partial charge in [0.25, 0.3) is 0 Å². The van der Waals surface area contributed by atoms with E-state index in [0.717, 1.165) is 27.7 Å². The fourth-order valence-electron chi connectivity index (χ4n) is 4.27. The molecule has 6 heteroatoms. The Labute approximate surface area is 167 Å². The van der Waals surface area contributed by atoms with Crippen molar-refractivity contribution in [2.75, 3.05) is 18.0 Å². The van der Waals surface area contributed by atoms with E-state index in [1.165, 1.54) is 0 Å². The summed E-state index contributed by atoms with van der Waals surface area (Å²) < 4.78 is 1.85. The van der Waals surface area contributed by atoms with Crippen LogP contribution in [0.2, 0.25) is 10.0 Å². The van der Waals surface area contributed by atoms with Gasteiger partial charge >= 0.3 is 5.97 Å². The predicted octanol–water partition coefficient (Wildman–Crippen LogP) is 5.95. The molecule has 3 aromatic rings. The Morgan fingerprint density at radius 2 is 1.85 bits per heavy atom. The van der Waals surface area contributed by atoms with E-state index in [1.54, 1.807) is 0 Å². The summed E-state index contributed by atoms with van der Waals surface area (Å²) in [5.74, 6) is -0.886. The molecule has 2 heterocycles. The summed E-state index contributed by atoms with van der Waals surface area (Å²) >= 11 is 13.1. The van der Waals surface area contributed by atoms with E-state index in [-0.39, 0.29) is 11.6 Å². The summed E-state index contributed by atoms with van der Waals surface area (Å²) in [6.45, 7) is 7.48. The molecule has 0 radical (unpaired) electrons. The largest absolute Gasteiger partial charge is 0.476 e. The Bertz CT molecular complexity index is 1080. The maximum atomic E-state index is 12.4. The maximum Gasteiger partial charge on any atom is 0.355 e. The molecule has 0 amide bonds. The van der Waals surface area contributed by atoms with Gasteiger partial charge in [0.05, 0.1) is 26.9 Å². The van der Waals surface area contributed by atoms with E-state index in [2.05, 4.69) is 6.92 Å². The molecule has 0 saturated heterocycles. The van der Waals surface area contributed by atoms with Crippen molar-refractivity contribution in [2.45, 2.75) is 26.7 Å². The van der Waals surface area contributed by atoms with Crippen molar-refractivity contribution < 1.29 is 9.90 Å². The Kier molecular flexibility index (Phi) is 4.36. The van der Waals surface area contributed by atoms with Gasteiger partial charge < -0.3 is 14.6 Å². The van der Waals surface area contributed by atoms with Crippen molar-refractivity contribution in [3.05, 3.63) is 57.2 Å². The maximum absolute atomic E-state index is 12.4. The molecule has 1 atom stereocenters. The van der Waals surface area contributed by atoms with Gasteiger partial charge in [-0.1, -0.05) is 48.3 Å². The molecule has 0 saturated carbocycles. The van der Waals surface area contributed by atoms with E-state index >= 15 is 0 Å². The van der Waals surface area contributed by atoms with Crippen LogP contribution >= 0.6 is 23.2 Å². The van der Waals surface area contributed by atoms with Crippen molar-refractivity contribution in [1.82, 2.24) is 4.57 Å². The summed E-state index contributed by atoms with van der Waals surface area (Å²) in [5.41, 5.74) is 4.68. The molecule has 27 heavy (non-hydrogen) atoms. The van der Waals surface area contributed by atoms with Gasteiger partial charge in [-0.2, -0.15) is 0 Å². The fraction of sp³-hybridized carbons (Fsp3) is 0.286.